The van der Waals surface area contributed by atoms with Crippen LogP contribution in [-0.2, 0) is 9.59 Å². The van der Waals surface area contributed by atoms with E-state index >= 15 is 0 Å². The highest BCUT2D eigenvalue weighted by Gasteiger charge is 2.15. The maximum absolute atomic E-state index is 12.1. The molecule has 0 saturated carbocycles. The highest BCUT2D eigenvalue weighted by Crippen LogP contribution is 2.38. The molecule has 1 amide bonds. The lowest BCUT2D eigenvalue weighted by atomic mass is 10.1. The summed E-state index contributed by atoms with van der Waals surface area (Å²) in [5.74, 6) is -1.48. The Balaban J connectivity index is 0.000000604. The summed E-state index contributed by atoms with van der Waals surface area (Å²) in [4.78, 5) is 32.2. The zero-order valence-electron chi connectivity index (χ0n) is 18.4. The van der Waals surface area contributed by atoms with Gasteiger partial charge in [-0.2, -0.15) is 10.2 Å². The average molecular weight is 598 g/mol. The Morgan fingerprint density at radius 3 is 2.21 bits per heavy atom. The van der Waals surface area contributed by atoms with Crippen molar-refractivity contribution in [3.8, 4) is 11.5 Å². The van der Waals surface area contributed by atoms with Crippen LogP contribution in [0.25, 0.3) is 10.9 Å². The quantitative estimate of drug-likeness (QED) is 0.331. The number of nitrogens with zero attached hydrogens (tertiary/aromatic N) is 2. The molecule has 0 unspecified atom stereocenters. The van der Waals surface area contributed by atoms with E-state index in [2.05, 4.69) is 47.4 Å². The van der Waals surface area contributed by atoms with Crippen LogP contribution in [0.3, 0.4) is 0 Å². The first-order chi connectivity index (χ1) is 15.9. The molecule has 0 aliphatic carbocycles. The second-order valence-corrected chi connectivity index (χ2v) is 8.87. The van der Waals surface area contributed by atoms with E-state index in [0.29, 0.717) is 26.0 Å². The third-order valence-corrected chi connectivity index (χ3v) is 5.67. The van der Waals surface area contributed by atoms with Gasteiger partial charge in [0.15, 0.2) is 5.75 Å². The predicted octanol–water partition coefficient (Wildman–Crippen LogP) is 3.80. The lowest BCUT2D eigenvalue weighted by molar-refractivity contribution is -0.138. The van der Waals surface area contributed by atoms with Crippen molar-refractivity contribution in [2.75, 3.05) is 6.54 Å². The Morgan fingerprint density at radius 1 is 1.09 bits per heavy atom. The number of aryl methyl sites for hydroxylation is 2. The van der Waals surface area contributed by atoms with Gasteiger partial charge in [-0.1, -0.05) is 0 Å². The van der Waals surface area contributed by atoms with Crippen molar-refractivity contribution in [1.29, 1.82) is 0 Å². The highest BCUT2D eigenvalue weighted by atomic mass is 79.9. The molecule has 3 rings (SSSR count). The molecule has 3 aromatic rings. The Kier molecular flexibility index (Phi) is 9.47. The van der Waals surface area contributed by atoms with Gasteiger partial charge in [-0.25, -0.2) is 0 Å². The molecule has 12 heteroatoms. The first kappa shape index (κ1) is 27.2. The van der Waals surface area contributed by atoms with E-state index in [9.17, 15) is 14.4 Å². The van der Waals surface area contributed by atoms with Crippen molar-refractivity contribution in [2.24, 2.45) is 5.73 Å². The van der Waals surface area contributed by atoms with Crippen molar-refractivity contribution in [2.45, 2.75) is 26.8 Å². The SMILES string of the molecule is C[C@H](N)C(=O)O.Cc1nnc2ccc(Oc3c(Br)cc(C(=O)NCC(=O)O)cc3Br)cc2c1C. The van der Waals surface area contributed by atoms with Gasteiger partial charge in [0.25, 0.3) is 5.91 Å². The first-order valence-corrected chi connectivity index (χ1v) is 11.4. The summed E-state index contributed by atoms with van der Waals surface area (Å²) in [5.41, 5.74) is 7.79. The van der Waals surface area contributed by atoms with Gasteiger partial charge in [-0.3, -0.25) is 14.4 Å². The molecule has 0 radical (unpaired) electrons. The molecule has 1 aromatic heterocycles. The fraction of sp³-hybridized carbons (Fsp3) is 0.227. The predicted molar refractivity (Wildman–Crippen MR) is 132 cm³/mol. The fourth-order valence-electron chi connectivity index (χ4n) is 2.53. The van der Waals surface area contributed by atoms with Crippen molar-refractivity contribution in [1.82, 2.24) is 15.5 Å². The van der Waals surface area contributed by atoms with E-state index in [1.165, 1.54) is 6.92 Å². The summed E-state index contributed by atoms with van der Waals surface area (Å²) in [6.45, 7) is 4.84. The molecular formula is C22H22Br2N4O6. The number of nitrogens with one attached hydrogen (secondary N) is 1. The minimum Gasteiger partial charge on any atom is -0.480 e. The molecule has 0 spiro atoms. The summed E-state index contributed by atoms with van der Waals surface area (Å²) in [5, 5.41) is 28.1. The second kappa shape index (κ2) is 11.9. The zero-order chi connectivity index (χ0) is 25.6. The van der Waals surface area contributed by atoms with E-state index in [1.54, 1.807) is 18.2 Å². The molecule has 5 N–H and O–H groups in total. The number of carboxylic acids is 2. The third-order valence-electron chi connectivity index (χ3n) is 4.49. The number of fused-ring (bicyclic) bond motifs is 1. The van der Waals surface area contributed by atoms with E-state index in [1.807, 2.05) is 26.0 Å². The van der Waals surface area contributed by atoms with Gasteiger partial charge < -0.3 is 26.0 Å². The molecule has 0 fully saturated rings. The van der Waals surface area contributed by atoms with Crippen molar-refractivity contribution in [3.05, 3.63) is 56.1 Å². The van der Waals surface area contributed by atoms with Gasteiger partial charge in [0.05, 0.1) is 20.2 Å². The van der Waals surface area contributed by atoms with Crippen LogP contribution in [0.2, 0.25) is 0 Å². The number of hydrogen-bond donors (Lipinski definition) is 4. The Labute approximate surface area is 211 Å². The van der Waals surface area contributed by atoms with Gasteiger partial charge in [0, 0.05) is 10.9 Å². The van der Waals surface area contributed by atoms with E-state index in [4.69, 9.17) is 20.7 Å². The number of rotatable bonds is 6. The number of carbonyl (C=O) groups excluding carboxylic acids is 1. The highest BCUT2D eigenvalue weighted by molar-refractivity contribution is 9.11. The van der Waals surface area contributed by atoms with Crippen LogP contribution >= 0.6 is 31.9 Å². The number of hydrogen-bond acceptors (Lipinski definition) is 7. The first-order valence-electron chi connectivity index (χ1n) is 9.79. The molecule has 1 atom stereocenters. The van der Waals surface area contributed by atoms with Crippen LogP contribution in [0.1, 0.15) is 28.5 Å². The van der Waals surface area contributed by atoms with Crippen molar-refractivity contribution >= 4 is 60.6 Å². The number of amides is 1. The molecule has 2 aromatic carbocycles. The Morgan fingerprint density at radius 2 is 1.68 bits per heavy atom. The summed E-state index contributed by atoms with van der Waals surface area (Å²) in [6.07, 6.45) is 0. The van der Waals surface area contributed by atoms with Gasteiger partial charge >= 0.3 is 11.9 Å². The molecule has 34 heavy (non-hydrogen) atoms. The minimum atomic E-state index is -1.11. The molecule has 1 heterocycles. The molecule has 180 valence electrons. The smallest absolute Gasteiger partial charge is 0.322 e. The Bertz CT molecular complexity index is 1230. The number of ether oxygens (including phenoxy) is 1. The third kappa shape index (κ3) is 7.20. The minimum absolute atomic E-state index is 0.299. The van der Waals surface area contributed by atoms with Crippen LogP contribution in [0.4, 0.5) is 0 Å². The largest absolute Gasteiger partial charge is 0.480 e. The summed E-state index contributed by atoms with van der Waals surface area (Å²) in [6, 6.07) is 7.92. The van der Waals surface area contributed by atoms with Crippen molar-refractivity contribution < 1.29 is 29.3 Å². The van der Waals surface area contributed by atoms with Crippen molar-refractivity contribution in [3.63, 3.8) is 0 Å². The molecule has 0 bridgehead atoms. The van der Waals surface area contributed by atoms with E-state index in [-0.39, 0.29) is 0 Å². The number of benzene rings is 2. The number of aromatic nitrogens is 2. The second-order valence-electron chi connectivity index (χ2n) is 7.16. The maximum atomic E-state index is 12.1. The number of halogens is 2. The summed E-state index contributed by atoms with van der Waals surface area (Å²) < 4.78 is 7.10. The topological polar surface area (TPSA) is 165 Å². The Hall–Kier alpha value is -3.09. The van der Waals surface area contributed by atoms with Crippen LogP contribution in [0, 0.1) is 13.8 Å². The summed E-state index contributed by atoms with van der Waals surface area (Å²) in [7, 11) is 0. The number of nitrogens with two attached hydrogens (primary N) is 1. The number of aliphatic carboxylic acids is 2. The lowest BCUT2D eigenvalue weighted by Crippen LogP contribution is -2.29. The standard InChI is InChI=1S/C19H15Br2N3O4.C3H7NO2/c1-9-10(2)23-24-16-4-3-12(7-13(9)16)28-18-14(20)5-11(6-15(18)21)19(27)22-8-17(25)26;1-2(4)3(5)6/h3-7H,8H2,1-2H3,(H,22,27)(H,25,26);2H,4H2,1H3,(H,5,6)/t;2-/m.0/s1. The van der Waals surface area contributed by atoms with E-state index in [0.717, 1.165) is 22.2 Å². The lowest BCUT2D eigenvalue weighted by Gasteiger charge is -2.13. The monoisotopic (exact) mass is 596 g/mol. The normalized spacial score (nSPS) is 11.2. The zero-order valence-corrected chi connectivity index (χ0v) is 21.6. The van der Waals surface area contributed by atoms with Crippen LogP contribution in [0.15, 0.2) is 39.3 Å². The van der Waals surface area contributed by atoms with Gasteiger partial charge in [-0.15, -0.1) is 0 Å². The van der Waals surface area contributed by atoms with Crippen LogP contribution in [0.5, 0.6) is 11.5 Å². The number of carbonyl (C=O) groups is 3. The fourth-order valence-corrected chi connectivity index (χ4v) is 3.88. The van der Waals surface area contributed by atoms with E-state index < -0.39 is 30.4 Å². The number of carboxylic acid groups (broad SMARTS) is 2. The molecular weight excluding hydrogens is 576 g/mol. The van der Waals surface area contributed by atoms with Gasteiger partial charge in [-0.05, 0) is 88.5 Å². The molecule has 0 saturated heterocycles. The summed E-state index contributed by atoms with van der Waals surface area (Å²) >= 11 is 6.81. The van der Waals surface area contributed by atoms with Gasteiger partial charge in [0.2, 0.25) is 0 Å². The average Bonchev–Trinajstić information content (AvgIpc) is 2.77. The molecule has 0 aliphatic rings. The van der Waals surface area contributed by atoms with Crippen LogP contribution in [-0.4, -0.2) is 50.8 Å². The molecule has 0 aliphatic heterocycles. The van der Waals surface area contributed by atoms with Gasteiger partial charge in [0.1, 0.15) is 18.3 Å². The van der Waals surface area contributed by atoms with Crippen LogP contribution < -0.4 is 15.8 Å². The molecule has 10 nitrogen and oxygen atoms in total. The maximum Gasteiger partial charge on any atom is 0.322 e.